The number of esters is 1. The lowest BCUT2D eigenvalue weighted by Crippen LogP contribution is -2.13. The quantitative estimate of drug-likeness (QED) is 0.636. The van der Waals surface area contributed by atoms with Crippen molar-refractivity contribution in [3.63, 3.8) is 0 Å². The fourth-order valence-electron chi connectivity index (χ4n) is 2.06. The monoisotopic (exact) mass is 320 g/mol. The van der Waals surface area contributed by atoms with Crippen LogP contribution in [0.4, 0.5) is 0 Å². The Hall–Kier alpha value is -2.54. The van der Waals surface area contributed by atoms with Gasteiger partial charge in [-0.05, 0) is 24.3 Å². The van der Waals surface area contributed by atoms with Crippen molar-refractivity contribution in [2.45, 2.75) is 4.90 Å². The van der Waals surface area contributed by atoms with Crippen LogP contribution in [0.3, 0.4) is 0 Å². The third kappa shape index (κ3) is 2.75. The fraction of sp³-hybridized carbons (Fsp3) is 0.133. The van der Waals surface area contributed by atoms with Crippen LogP contribution in [-0.4, -0.2) is 27.4 Å². The van der Waals surface area contributed by atoms with Crippen LogP contribution in [-0.2, 0) is 9.84 Å². The number of carbonyl (C=O) groups is 1. The van der Waals surface area contributed by atoms with Gasteiger partial charge in [0.25, 0.3) is 0 Å². The Kier molecular flexibility index (Phi) is 3.50. The molecule has 2 aromatic carbocycles. The number of fused-ring (bicyclic) bond motifs is 1. The van der Waals surface area contributed by atoms with Crippen molar-refractivity contribution >= 4 is 15.8 Å². The van der Waals surface area contributed by atoms with Gasteiger partial charge in [0.1, 0.15) is 5.75 Å². The minimum absolute atomic E-state index is 0.0114. The maximum absolute atomic E-state index is 12.2. The summed E-state index contributed by atoms with van der Waals surface area (Å²) in [5, 5.41) is 0. The molecule has 1 aliphatic heterocycles. The molecule has 0 atom stereocenters. The first kappa shape index (κ1) is 14.4. The molecule has 0 fully saturated rings. The first-order valence-electron chi connectivity index (χ1n) is 6.36. The molecule has 0 bridgehead atoms. The second kappa shape index (κ2) is 5.34. The van der Waals surface area contributed by atoms with Crippen LogP contribution in [0.15, 0.2) is 47.4 Å². The molecule has 0 aliphatic carbocycles. The standard InChI is InChI=1S/C15H12O6S/c1-22(17,18)14-5-3-2-4-11(14)15(16)21-10-6-7-12-13(8-10)20-9-19-12/h2-8H,9H2,1H3. The molecule has 3 rings (SSSR count). The molecule has 6 nitrogen and oxygen atoms in total. The van der Waals surface area contributed by atoms with Crippen LogP contribution < -0.4 is 14.2 Å². The van der Waals surface area contributed by atoms with Gasteiger partial charge in [-0.2, -0.15) is 0 Å². The minimum atomic E-state index is -3.53. The SMILES string of the molecule is CS(=O)(=O)c1ccccc1C(=O)Oc1ccc2c(c1)OCO2. The van der Waals surface area contributed by atoms with E-state index in [1.807, 2.05) is 0 Å². The van der Waals surface area contributed by atoms with E-state index in [0.717, 1.165) is 6.26 Å². The Labute approximate surface area is 127 Å². The third-order valence-electron chi connectivity index (χ3n) is 3.06. The van der Waals surface area contributed by atoms with E-state index < -0.39 is 15.8 Å². The molecule has 0 N–H and O–H groups in total. The van der Waals surface area contributed by atoms with Crippen molar-refractivity contribution < 1.29 is 27.4 Å². The summed E-state index contributed by atoms with van der Waals surface area (Å²) in [7, 11) is -3.53. The minimum Gasteiger partial charge on any atom is -0.454 e. The van der Waals surface area contributed by atoms with Crippen molar-refractivity contribution in [2.24, 2.45) is 0 Å². The molecule has 0 amide bonds. The van der Waals surface area contributed by atoms with E-state index >= 15 is 0 Å². The van der Waals surface area contributed by atoms with E-state index in [9.17, 15) is 13.2 Å². The third-order valence-corrected chi connectivity index (χ3v) is 4.22. The van der Waals surface area contributed by atoms with E-state index in [1.54, 1.807) is 24.3 Å². The number of hydrogen-bond donors (Lipinski definition) is 0. The molecule has 0 saturated carbocycles. The van der Waals surface area contributed by atoms with Crippen molar-refractivity contribution in [1.29, 1.82) is 0 Å². The Morgan fingerprint density at radius 2 is 1.82 bits per heavy atom. The van der Waals surface area contributed by atoms with Crippen molar-refractivity contribution in [2.75, 3.05) is 13.0 Å². The van der Waals surface area contributed by atoms with Gasteiger partial charge in [-0.1, -0.05) is 12.1 Å². The van der Waals surface area contributed by atoms with Crippen LogP contribution in [0.1, 0.15) is 10.4 Å². The molecule has 0 radical (unpaired) electrons. The van der Waals surface area contributed by atoms with Gasteiger partial charge in [-0.15, -0.1) is 0 Å². The molecule has 22 heavy (non-hydrogen) atoms. The Balaban J connectivity index is 1.90. The van der Waals surface area contributed by atoms with Crippen molar-refractivity contribution in [3.8, 4) is 17.2 Å². The Morgan fingerprint density at radius 1 is 1.09 bits per heavy atom. The van der Waals surface area contributed by atoms with Gasteiger partial charge in [0.2, 0.25) is 6.79 Å². The van der Waals surface area contributed by atoms with Gasteiger partial charge in [0.05, 0.1) is 10.5 Å². The second-order valence-electron chi connectivity index (χ2n) is 4.67. The van der Waals surface area contributed by atoms with Crippen molar-refractivity contribution in [1.82, 2.24) is 0 Å². The lowest BCUT2D eigenvalue weighted by Gasteiger charge is -2.08. The van der Waals surface area contributed by atoms with Gasteiger partial charge < -0.3 is 14.2 Å². The van der Waals surface area contributed by atoms with Crippen LogP contribution >= 0.6 is 0 Å². The molecular weight excluding hydrogens is 308 g/mol. The van der Waals surface area contributed by atoms with Gasteiger partial charge in [-0.25, -0.2) is 13.2 Å². The lowest BCUT2D eigenvalue weighted by atomic mass is 10.2. The summed E-state index contributed by atoms with van der Waals surface area (Å²) >= 11 is 0. The largest absolute Gasteiger partial charge is 0.454 e. The van der Waals surface area contributed by atoms with E-state index in [0.29, 0.717) is 11.5 Å². The summed E-state index contributed by atoms with van der Waals surface area (Å²) in [4.78, 5) is 12.2. The maximum atomic E-state index is 12.2. The number of hydrogen-bond acceptors (Lipinski definition) is 6. The van der Waals surface area contributed by atoms with Gasteiger partial charge in [0.15, 0.2) is 21.3 Å². The predicted molar refractivity (Wildman–Crippen MR) is 77.1 cm³/mol. The second-order valence-corrected chi connectivity index (χ2v) is 6.66. The van der Waals surface area contributed by atoms with Crippen molar-refractivity contribution in [3.05, 3.63) is 48.0 Å². The molecular formula is C15H12O6S. The summed E-state index contributed by atoms with van der Waals surface area (Å²) in [6.07, 6.45) is 1.04. The summed E-state index contributed by atoms with van der Waals surface area (Å²) in [6, 6.07) is 10.6. The highest BCUT2D eigenvalue weighted by Crippen LogP contribution is 2.35. The highest BCUT2D eigenvalue weighted by Gasteiger charge is 2.21. The zero-order valence-electron chi connectivity index (χ0n) is 11.6. The Morgan fingerprint density at radius 3 is 2.59 bits per heavy atom. The van der Waals surface area contributed by atoms with E-state index in [4.69, 9.17) is 14.2 Å². The van der Waals surface area contributed by atoms with E-state index in [2.05, 4.69) is 0 Å². The zero-order chi connectivity index (χ0) is 15.7. The average molecular weight is 320 g/mol. The fourth-order valence-corrected chi connectivity index (χ4v) is 2.94. The molecule has 0 saturated heterocycles. The van der Waals surface area contributed by atoms with Crippen LogP contribution in [0.25, 0.3) is 0 Å². The summed E-state index contributed by atoms with van der Waals surface area (Å²) in [5.74, 6) is 0.537. The first-order valence-corrected chi connectivity index (χ1v) is 8.25. The first-order chi connectivity index (χ1) is 10.4. The smallest absolute Gasteiger partial charge is 0.344 e. The summed E-state index contributed by atoms with van der Waals surface area (Å²) < 4.78 is 39.0. The molecule has 0 aromatic heterocycles. The van der Waals surface area contributed by atoms with Gasteiger partial charge >= 0.3 is 5.97 Å². The molecule has 0 spiro atoms. The number of sulfone groups is 1. The van der Waals surface area contributed by atoms with Gasteiger partial charge in [0, 0.05) is 12.3 Å². The topological polar surface area (TPSA) is 78.9 Å². The molecule has 2 aromatic rings. The predicted octanol–water partition coefficient (Wildman–Crippen LogP) is 2.04. The average Bonchev–Trinajstić information content (AvgIpc) is 2.94. The molecule has 114 valence electrons. The molecule has 0 unspecified atom stereocenters. The molecule has 1 heterocycles. The summed E-state index contributed by atoms with van der Waals surface area (Å²) in [5.41, 5.74) is -0.0114. The normalized spacial score (nSPS) is 13.0. The van der Waals surface area contributed by atoms with Crippen LogP contribution in [0.2, 0.25) is 0 Å². The molecule has 7 heteroatoms. The molecule has 1 aliphatic rings. The number of benzene rings is 2. The Bertz CT molecular complexity index is 841. The number of ether oxygens (including phenoxy) is 3. The number of rotatable bonds is 3. The highest BCUT2D eigenvalue weighted by atomic mass is 32.2. The maximum Gasteiger partial charge on any atom is 0.344 e. The van der Waals surface area contributed by atoms with E-state index in [1.165, 1.54) is 18.2 Å². The van der Waals surface area contributed by atoms with Crippen LogP contribution in [0, 0.1) is 0 Å². The highest BCUT2D eigenvalue weighted by molar-refractivity contribution is 7.90. The lowest BCUT2D eigenvalue weighted by molar-refractivity contribution is 0.0730. The van der Waals surface area contributed by atoms with Gasteiger partial charge in [-0.3, -0.25) is 0 Å². The number of carbonyl (C=O) groups excluding carboxylic acids is 1. The van der Waals surface area contributed by atoms with E-state index in [-0.39, 0.29) is 23.0 Å². The summed E-state index contributed by atoms with van der Waals surface area (Å²) in [6.45, 7) is 0.115. The zero-order valence-corrected chi connectivity index (χ0v) is 12.4. The van der Waals surface area contributed by atoms with Crippen LogP contribution in [0.5, 0.6) is 17.2 Å².